The minimum Gasteiger partial charge on any atom is -0.481 e. The Bertz CT molecular complexity index is 1400. The molecule has 1 aromatic carbocycles. The predicted octanol–water partition coefficient (Wildman–Crippen LogP) is 4.06. The fourth-order valence-corrected chi connectivity index (χ4v) is 5.09. The number of fused-ring (bicyclic) bond motifs is 1. The predicted molar refractivity (Wildman–Crippen MR) is 142 cm³/mol. The molecule has 4 heterocycles. The number of rotatable bonds is 8. The Morgan fingerprint density at radius 1 is 1.05 bits per heavy atom. The first-order valence-electron chi connectivity index (χ1n) is 13.1. The molecule has 0 spiro atoms. The van der Waals surface area contributed by atoms with Crippen molar-refractivity contribution in [3.05, 3.63) is 71.9 Å². The van der Waals surface area contributed by atoms with Crippen LogP contribution in [-0.4, -0.2) is 68.9 Å². The zero-order valence-electron chi connectivity index (χ0n) is 21.2. The van der Waals surface area contributed by atoms with Gasteiger partial charge in [-0.2, -0.15) is 0 Å². The summed E-state index contributed by atoms with van der Waals surface area (Å²) in [5.41, 5.74) is 6.11. The Labute approximate surface area is 216 Å². The topological polar surface area (TPSA) is 87.2 Å². The molecule has 6 rings (SSSR count). The van der Waals surface area contributed by atoms with Gasteiger partial charge in [0.15, 0.2) is 0 Å². The molecule has 1 aliphatic carbocycles. The van der Waals surface area contributed by atoms with Crippen LogP contribution in [0.4, 0.5) is 0 Å². The molecule has 3 aromatic heterocycles. The summed E-state index contributed by atoms with van der Waals surface area (Å²) in [6.45, 7) is 4.37. The van der Waals surface area contributed by atoms with Gasteiger partial charge >= 0.3 is 0 Å². The van der Waals surface area contributed by atoms with Crippen LogP contribution in [0.3, 0.4) is 0 Å². The summed E-state index contributed by atoms with van der Waals surface area (Å²) in [7, 11) is 1.64. The number of amides is 1. The van der Waals surface area contributed by atoms with E-state index >= 15 is 0 Å². The van der Waals surface area contributed by atoms with Crippen molar-refractivity contribution in [1.82, 2.24) is 29.7 Å². The van der Waals surface area contributed by atoms with Crippen molar-refractivity contribution < 1.29 is 9.53 Å². The standard InChI is InChI=1S/C29H32N6O2/c1-37-29-24(3-2-9-31-29)22-6-7-25-26(17-22)33-27(32-25)18-23-15-21(8-10-30-23)19-34-11-13-35(14-12-34)28(36)16-20-4-5-20/h2-3,6-10,15,17,20H,4-5,11-14,16,18-19H2,1H3,(H,32,33). The molecule has 1 aliphatic heterocycles. The minimum absolute atomic E-state index is 0.339. The quantitative estimate of drug-likeness (QED) is 0.396. The summed E-state index contributed by atoms with van der Waals surface area (Å²) in [6, 6.07) is 14.3. The number of benzene rings is 1. The lowest BCUT2D eigenvalue weighted by molar-refractivity contribution is -0.133. The van der Waals surface area contributed by atoms with E-state index in [2.05, 4.69) is 38.1 Å². The number of carbonyl (C=O) groups excluding carboxylic acids is 1. The van der Waals surface area contributed by atoms with Gasteiger partial charge in [-0.25, -0.2) is 9.97 Å². The summed E-state index contributed by atoms with van der Waals surface area (Å²) >= 11 is 0. The van der Waals surface area contributed by atoms with Gasteiger partial charge in [0.1, 0.15) is 5.82 Å². The van der Waals surface area contributed by atoms with Gasteiger partial charge < -0.3 is 14.6 Å². The van der Waals surface area contributed by atoms with E-state index in [-0.39, 0.29) is 0 Å². The fourth-order valence-electron chi connectivity index (χ4n) is 5.09. The summed E-state index contributed by atoms with van der Waals surface area (Å²) in [5, 5.41) is 0. The number of ether oxygens (including phenoxy) is 1. The minimum atomic E-state index is 0.339. The van der Waals surface area contributed by atoms with E-state index in [1.807, 2.05) is 35.4 Å². The van der Waals surface area contributed by atoms with Crippen LogP contribution < -0.4 is 4.74 Å². The first kappa shape index (κ1) is 23.6. The number of pyridine rings is 2. The number of aromatic amines is 1. The SMILES string of the molecule is COc1ncccc1-c1ccc2nc(Cc3cc(CN4CCN(C(=O)CC5CC5)CC4)ccn3)[nH]c2c1. The summed E-state index contributed by atoms with van der Waals surface area (Å²) in [6.07, 6.45) is 7.45. The number of hydrogen-bond acceptors (Lipinski definition) is 6. The Morgan fingerprint density at radius 2 is 1.92 bits per heavy atom. The van der Waals surface area contributed by atoms with Crippen molar-refractivity contribution in [1.29, 1.82) is 0 Å². The molecule has 4 aromatic rings. The second-order valence-electron chi connectivity index (χ2n) is 10.1. The van der Waals surface area contributed by atoms with Gasteiger partial charge in [0.25, 0.3) is 0 Å². The number of piperazine rings is 1. The van der Waals surface area contributed by atoms with E-state index in [0.29, 0.717) is 24.1 Å². The van der Waals surface area contributed by atoms with Gasteiger partial charge in [-0.15, -0.1) is 0 Å². The average molecular weight is 497 g/mol. The molecule has 37 heavy (non-hydrogen) atoms. The van der Waals surface area contributed by atoms with E-state index < -0.39 is 0 Å². The van der Waals surface area contributed by atoms with E-state index in [9.17, 15) is 4.79 Å². The van der Waals surface area contributed by atoms with Crippen molar-refractivity contribution in [2.24, 2.45) is 5.92 Å². The molecule has 0 unspecified atom stereocenters. The Morgan fingerprint density at radius 3 is 2.73 bits per heavy atom. The molecular formula is C29H32N6O2. The van der Waals surface area contributed by atoms with Gasteiger partial charge in [0.05, 0.1) is 18.1 Å². The third-order valence-corrected chi connectivity index (χ3v) is 7.33. The maximum atomic E-state index is 12.4. The Balaban J connectivity index is 1.10. The van der Waals surface area contributed by atoms with Crippen LogP contribution in [0.5, 0.6) is 5.88 Å². The van der Waals surface area contributed by atoms with E-state index in [4.69, 9.17) is 9.72 Å². The van der Waals surface area contributed by atoms with Crippen molar-refractivity contribution in [2.75, 3.05) is 33.3 Å². The van der Waals surface area contributed by atoms with Crippen molar-refractivity contribution in [3.63, 3.8) is 0 Å². The van der Waals surface area contributed by atoms with Gasteiger partial charge in [0, 0.05) is 69.2 Å². The zero-order valence-corrected chi connectivity index (χ0v) is 21.2. The lowest BCUT2D eigenvalue weighted by Crippen LogP contribution is -2.48. The lowest BCUT2D eigenvalue weighted by Gasteiger charge is -2.35. The van der Waals surface area contributed by atoms with Gasteiger partial charge in [-0.3, -0.25) is 14.7 Å². The zero-order chi connectivity index (χ0) is 25.2. The lowest BCUT2D eigenvalue weighted by atomic mass is 10.1. The van der Waals surface area contributed by atoms with Crippen LogP contribution in [0.2, 0.25) is 0 Å². The van der Waals surface area contributed by atoms with Crippen molar-refractivity contribution in [2.45, 2.75) is 32.2 Å². The summed E-state index contributed by atoms with van der Waals surface area (Å²) < 4.78 is 5.43. The van der Waals surface area contributed by atoms with Crippen LogP contribution in [0.1, 0.15) is 36.3 Å². The average Bonchev–Trinajstić information content (AvgIpc) is 3.65. The van der Waals surface area contributed by atoms with Crippen LogP contribution in [0.25, 0.3) is 22.2 Å². The fraction of sp³-hybridized carbons (Fsp3) is 0.379. The molecule has 2 fully saturated rings. The van der Waals surface area contributed by atoms with Crippen LogP contribution in [-0.2, 0) is 17.8 Å². The molecular weight excluding hydrogens is 464 g/mol. The van der Waals surface area contributed by atoms with Crippen LogP contribution in [0.15, 0.2) is 54.9 Å². The molecule has 1 N–H and O–H groups in total. The number of H-pyrrole nitrogens is 1. The van der Waals surface area contributed by atoms with E-state index in [1.165, 1.54) is 18.4 Å². The van der Waals surface area contributed by atoms with Crippen molar-refractivity contribution in [3.8, 4) is 17.0 Å². The molecule has 0 atom stereocenters. The highest BCUT2D eigenvalue weighted by molar-refractivity contribution is 5.83. The second-order valence-corrected chi connectivity index (χ2v) is 10.1. The molecule has 190 valence electrons. The molecule has 0 bridgehead atoms. The van der Waals surface area contributed by atoms with E-state index in [0.717, 1.165) is 72.8 Å². The summed E-state index contributed by atoms with van der Waals surface area (Å²) in [5.74, 6) is 2.48. The molecule has 2 aliphatic rings. The van der Waals surface area contributed by atoms with Gasteiger partial charge in [0.2, 0.25) is 11.8 Å². The highest BCUT2D eigenvalue weighted by Gasteiger charge is 2.28. The monoisotopic (exact) mass is 496 g/mol. The summed E-state index contributed by atoms with van der Waals surface area (Å²) in [4.78, 5) is 34.0. The molecule has 8 nitrogen and oxygen atoms in total. The number of imidazole rings is 1. The number of methoxy groups -OCH3 is 1. The van der Waals surface area contributed by atoms with Crippen molar-refractivity contribution >= 4 is 16.9 Å². The third kappa shape index (κ3) is 5.49. The first-order chi connectivity index (χ1) is 18.1. The molecule has 1 amide bonds. The van der Waals surface area contributed by atoms with Crippen LogP contribution in [0, 0.1) is 5.92 Å². The number of nitrogens with one attached hydrogen (secondary N) is 1. The Hall–Kier alpha value is -3.78. The normalized spacial score (nSPS) is 16.3. The maximum absolute atomic E-state index is 12.4. The first-order valence-corrected chi connectivity index (χ1v) is 13.1. The number of hydrogen-bond donors (Lipinski definition) is 1. The number of carbonyl (C=O) groups is 1. The largest absolute Gasteiger partial charge is 0.481 e. The molecule has 1 saturated carbocycles. The van der Waals surface area contributed by atoms with Crippen LogP contribution >= 0.6 is 0 Å². The second kappa shape index (κ2) is 10.3. The molecule has 0 radical (unpaired) electrons. The molecule has 1 saturated heterocycles. The number of aromatic nitrogens is 4. The van der Waals surface area contributed by atoms with Gasteiger partial charge in [-0.05, 0) is 66.3 Å². The highest BCUT2D eigenvalue weighted by atomic mass is 16.5. The molecule has 8 heteroatoms. The third-order valence-electron chi connectivity index (χ3n) is 7.33. The maximum Gasteiger partial charge on any atom is 0.222 e. The smallest absolute Gasteiger partial charge is 0.222 e. The Kier molecular flexibility index (Phi) is 6.57. The number of nitrogens with zero attached hydrogens (tertiary/aromatic N) is 5. The van der Waals surface area contributed by atoms with E-state index in [1.54, 1.807) is 13.3 Å². The van der Waals surface area contributed by atoms with Gasteiger partial charge in [-0.1, -0.05) is 6.07 Å². The highest BCUT2D eigenvalue weighted by Crippen LogP contribution is 2.33.